The van der Waals surface area contributed by atoms with Crippen LogP contribution in [0.15, 0.2) is 94.0 Å². The van der Waals surface area contributed by atoms with E-state index in [2.05, 4.69) is 20.9 Å². The Balaban J connectivity index is 1.86. The second kappa shape index (κ2) is 7.29. The number of hydrogen-bond donors (Lipinski definition) is 0. The number of benzene rings is 3. The molecule has 27 heavy (non-hydrogen) atoms. The van der Waals surface area contributed by atoms with Crippen molar-refractivity contribution in [2.45, 2.75) is 0 Å². The van der Waals surface area contributed by atoms with Crippen LogP contribution in [0.3, 0.4) is 0 Å². The second-order valence-electron chi connectivity index (χ2n) is 5.98. The van der Waals surface area contributed by atoms with Gasteiger partial charge in [-0.2, -0.15) is 0 Å². The fourth-order valence-corrected chi connectivity index (χ4v) is 3.33. The maximum atomic E-state index is 14.4. The van der Waals surface area contributed by atoms with Gasteiger partial charge in [0.15, 0.2) is 5.84 Å². The average Bonchev–Trinajstić information content (AvgIpc) is 2.99. The molecular formula is C22H14BrFN2O. The van der Waals surface area contributed by atoms with E-state index in [1.54, 1.807) is 36.4 Å². The molecule has 0 aromatic heterocycles. The van der Waals surface area contributed by atoms with Gasteiger partial charge in [-0.25, -0.2) is 9.38 Å². The van der Waals surface area contributed by atoms with Crippen molar-refractivity contribution in [3.8, 4) is 0 Å². The van der Waals surface area contributed by atoms with E-state index in [1.807, 2.05) is 42.5 Å². The minimum Gasteiger partial charge on any atom is -0.266 e. The number of amides is 1. The first-order valence-corrected chi connectivity index (χ1v) is 9.13. The average molecular weight is 421 g/mol. The van der Waals surface area contributed by atoms with Crippen LogP contribution in [-0.4, -0.2) is 11.7 Å². The number of rotatable bonds is 3. The van der Waals surface area contributed by atoms with Gasteiger partial charge < -0.3 is 0 Å². The fourth-order valence-electron chi connectivity index (χ4n) is 2.91. The molecule has 1 aliphatic rings. The number of amidine groups is 1. The summed E-state index contributed by atoms with van der Waals surface area (Å²) in [6.45, 7) is 0. The molecule has 3 nitrogen and oxygen atoms in total. The molecule has 0 spiro atoms. The molecule has 1 aliphatic heterocycles. The quantitative estimate of drug-likeness (QED) is 0.520. The van der Waals surface area contributed by atoms with Crippen LogP contribution < -0.4 is 4.90 Å². The van der Waals surface area contributed by atoms with Crippen LogP contribution in [0.5, 0.6) is 0 Å². The summed E-state index contributed by atoms with van der Waals surface area (Å²) in [6, 6.07) is 23.0. The van der Waals surface area contributed by atoms with E-state index in [4.69, 9.17) is 0 Å². The Morgan fingerprint density at radius 3 is 2.41 bits per heavy atom. The van der Waals surface area contributed by atoms with E-state index in [1.165, 1.54) is 11.0 Å². The summed E-state index contributed by atoms with van der Waals surface area (Å²) in [6.07, 6.45) is 1.71. The lowest BCUT2D eigenvalue weighted by Gasteiger charge is -2.18. The second-order valence-corrected chi connectivity index (χ2v) is 6.89. The van der Waals surface area contributed by atoms with Gasteiger partial charge in [0, 0.05) is 4.47 Å². The molecule has 5 heteroatoms. The van der Waals surface area contributed by atoms with Crippen molar-refractivity contribution in [3.05, 3.63) is 106 Å². The standard InChI is InChI=1S/C22H14BrFN2O/c23-16-8-6-7-15(13-16)14-20-22(27)26(17-9-2-1-3-10-17)21(25-20)18-11-4-5-12-19(18)24/h1-14H/b20-14+. The molecule has 0 saturated carbocycles. The molecule has 1 heterocycles. The normalized spacial score (nSPS) is 15.3. The van der Waals surface area contributed by atoms with Crippen molar-refractivity contribution < 1.29 is 9.18 Å². The van der Waals surface area contributed by atoms with Crippen molar-refractivity contribution in [1.82, 2.24) is 0 Å². The Labute approximate surface area is 164 Å². The number of hydrogen-bond acceptors (Lipinski definition) is 2. The van der Waals surface area contributed by atoms with Gasteiger partial charge in [-0.15, -0.1) is 0 Å². The van der Waals surface area contributed by atoms with Crippen LogP contribution >= 0.6 is 15.9 Å². The zero-order chi connectivity index (χ0) is 18.8. The zero-order valence-electron chi connectivity index (χ0n) is 14.1. The van der Waals surface area contributed by atoms with Crippen molar-refractivity contribution in [1.29, 1.82) is 0 Å². The van der Waals surface area contributed by atoms with E-state index in [0.29, 0.717) is 5.69 Å². The maximum absolute atomic E-state index is 14.4. The minimum absolute atomic E-state index is 0.259. The molecule has 4 rings (SSSR count). The van der Waals surface area contributed by atoms with Crippen molar-refractivity contribution in [2.75, 3.05) is 4.90 Å². The van der Waals surface area contributed by atoms with Crippen LogP contribution in [0.2, 0.25) is 0 Å². The molecule has 1 amide bonds. The van der Waals surface area contributed by atoms with Gasteiger partial charge in [-0.05, 0) is 48.0 Å². The molecule has 0 atom stereocenters. The molecule has 0 N–H and O–H groups in total. The summed E-state index contributed by atoms with van der Waals surface area (Å²) in [5.74, 6) is -0.432. The lowest BCUT2D eigenvalue weighted by Crippen LogP contribution is -2.33. The summed E-state index contributed by atoms with van der Waals surface area (Å²) in [5, 5.41) is 0. The monoisotopic (exact) mass is 420 g/mol. The van der Waals surface area contributed by atoms with Crippen LogP contribution in [-0.2, 0) is 4.79 Å². The number of nitrogens with zero attached hydrogens (tertiary/aromatic N) is 2. The Morgan fingerprint density at radius 1 is 0.926 bits per heavy atom. The fraction of sp³-hybridized carbons (Fsp3) is 0. The van der Waals surface area contributed by atoms with Crippen molar-refractivity contribution >= 4 is 39.4 Å². The number of carbonyl (C=O) groups is 1. The van der Waals surface area contributed by atoms with Crippen molar-refractivity contribution in [3.63, 3.8) is 0 Å². The summed E-state index contributed by atoms with van der Waals surface area (Å²) in [7, 11) is 0. The number of halogens is 2. The van der Waals surface area contributed by atoms with Gasteiger partial charge in [0.2, 0.25) is 0 Å². The molecule has 0 saturated heterocycles. The van der Waals surface area contributed by atoms with E-state index in [-0.39, 0.29) is 23.0 Å². The summed E-state index contributed by atoms with van der Waals surface area (Å²) >= 11 is 3.42. The van der Waals surface area contributed by atoms with Gasteiger partial charge in [-0.1, -0.05) is 58.4 Å². The Bertz CT molecular complexity index is 1080. The topological polar surface area (TPSA) is 32.7 Å². The van der Waals surface area contributed by atoms with Gasteiger partial charge >= 0.3 is 0 Å². The highest BCUT2D eigenvalue weighted by atomic mass is 79.9. The number of para-hydroxylation sites is 1. The molecule has 0 radical (unpaired) electrons. The van der Waals surface area contributed by atoms with Gasteiger partial charge in [0.05, 0.1) is 11.3 Å². The minimum atomic E-state index is -0.423. The third kappa shape index (κ3) is 3.46. The smallest absolute Gasteiger partial charge is 0.266 e. The van der Waals surface area contributed by atoms with E-state index in [0.717, 1.165) is 10.0 Å². The largest absolute Gasteiger partial charge is 0.282 e. The van der Waals surface area contributed by atoms with E-state index in [9.17, 15) is 9.18 Å². The van der Waals surface area contributed by atoms with Gasteiger partial charge in [-0.3, -0.25) is 9.69 Å². The highest BCUT2D eigenvalue weighted by Gasteiger charge is 2.33. The third-order valence-electron chi connectivity index (χ3n) is 4.14. The Morgan fingerprint density at radius 2 is 1.67 bits per heavy atom. The van der Waals surface area contributed by atoms with Crippen LogP contribution in [0.25, 0.3) is 6.08 Å². The predicted molar refractivity (Wildman–Crippen MR) is 109 cm³/mol. The summed E-state index contributed by atoms with van der Waals surface area (Å²) in [5.41, 5.74) is 2.02. The SMILES string of the molecule is O=C1/C(=C\c2cccc(Br)c2)N=C(c2ccccc2F)N1c1ccccc1. The van der Waals surface area contributed by atoms with Crippen LogP contribution in [0.1, 0.15) is 11.1 Å². The maximum Gasteiger partial charge on any atom is 0.282 e. The van der Waals surface area contributed by atoms with Gasteiger partial charge in [0.1, 0.15) is 11.5 Å². The van der Waals surface area contributed by atoms with Gasteiger partial charge in [0.25, 0.3) is 5.91 Å². The molecule has 0 aliphatic carbocycles. The first-order valence-electron chi connectivity index (χ1n) is 8.34. The van der Waals surface area contributed by atoms with Crippen LogP contribution in [0, 0.1) is 5.82 Å². The lowest BCUT2D eigenvalue weighted by atomic mass is 10.1. The molecule has 0 unspecified atom stereocenters. The molecule has 0 bridgehead atoms. The molecule has 132 valence electrons. The summed E-state index contributed by atoms with van der Waals surface area (Å²) in [4.78, 5) is 19.0. The summed E-state index contributed by atoms with van der Waals surface area (Å²) < 4.78 is 15.3. The molecular weight excluding hydrogens is 407 g/mol. The molecule has 3 aromatic rings. The lowest BCUT2D eigenvalue weighted by molar-refractivity contribution is -0.113. The first-order chi connectivity index (χ1) is 13.1. The Hall–Kier alpha value is -3.05. The van der Waals surface area contributed by atoms with E-state index >= 15 is 0 Å². The van der Waals surface area contributed by atoms with Crippen LogP contribution in [0.4, 0.5) is 10.1 Å². The number of anilines is 1. The predicted octanol–water partition coefficient (Wildman–Crippen LogP) is 5.42. The van der Waals surface area contributed by atoms with E-state index < -0.39 is 5.82 Å². The Kier molecular flexibility index (Phi) is 4.69. The number of aliphatic imine (C=N–C) groups is 1. The van der Waals surface area contributed by atoms with Crippen molar-refractivity contribution in [2.24, 2.45) is 4.99 Å². The molecule has 0 fully saturated rings. The third-order valence-corrected chi connectivity index (χ3v) is 4.63. The number of carbonyl (C=O) groups excluding carboxylic acids is 1. The zero-order valence-corrected chi connectivity index (χ0v) is 15.7. The highest BCUT2D eigenvalue weighted by molar-refractivity contribution is 9.10. The highest BCUT2D eigenvalue weighted by Crippen LogP contribution is 2.28. The molecule has 3 aromatic carbocycles. The first kappa shape index (κ1) is 17.4.